The number of hydrogen-bond donors (Lipinski definition) is 1. The Morgan fingerprint density at radius 2 is 1.72 bits per heavy atom. The average Bonchev–Trinajstić information content (AvgIpc) is 2.39. The van der Waals surface area contributed by atoms with Crippen LogP contribution in [0.4, 0.5) is 0 Å². The van der Waals surface area contributed by atoms with Crippen molar-refractivity contribution < 1.29 is 9.53 Å². The van der Waals surface area contributed by atoms with E-state index in [1.807, 2.05) is 12.1 Å². The third kappa shape index (κ3) is 3.69. The topological polar surface area (TPSA) is 103 Å². The maximum atomic E-state index is 12.4. The van der Waals surface area contributed by atoms with Crippen LogP contribution in [0.3, 0.4) is 0 Å². The van der Waals surface area contributed by atoms with E-state index in [2.05, 4.69) is 0 Å². The number of nitrogens with two attached hydrogens (primary N) is 1. The normalized spacial score (nSPS) is 17.5. The zero-order valence-corrected chi connectivity index (χ0v) is 10.4. The lowest BCUT2D eigenvalue weighted by Gasteiger charge is -2.36. The first-order chi connectivity index (χ1) is 8.64. The van der Waals surface area contributed by atoms with Gasteiger partial charge in [0.1, 0.15) is 0 Å². The molecule has 18 heavy (non-hydrogen) atoms. The van der Waals surface area contributed by atoms with Crippen molar-refractivity contribution >= 4 is 5.91 Å². The lowest BCUT2D eigenvalue weighted by atomic mass is 9.89. The standard InChI is InChI=1S/C12H18N4O2/c13-5-1-7-16(8-2-6-14)11(17)12(15)3-9-18-10-4-12/h1-4,7-10,15H2. The number of amides is 1. The number of carbonyl (C=O) groups excluding carboxylic acids is 1. The van der Waals surface area contributed by atoms with Gasteiger partial charge in [-0.15, -0.1) is 0 Å². The quantitative estimate of drug-likeness (QED) is 0.748. The summed E-state index contributed by atoms with van der Waals surface area (Å²) >= 11 is 0. The Balaban J connectivity index is 2.67. The molecule has 1 rings (SSSR count). The molecular weight excluding hydrogens is 232 g/mol. The minimum absolute atomic E-state index is 0.170. The maximum absolute atomic E-state index is 12.4. The van der Waals surface area contributed by atoms with Gasteiger partial charge in [0.2, 0.25) is 5.91 Å². The second-order valence-electron chi connectivity index (χ2n) is 4.38. The van der Waals surface area contributed by atoms with Gasteiger partial charge in [0.05, 0.1) is 30.5 Å². The molecule has 6 nitrogen and oxygen atoms in total. The van der Waals surface area contributed by atoms with Crippen LogP contribution in [0, 0.1) is 22.7 Å². The Morgan fingerprint density at radius 3 is 2.17 bits per heavy atom. The molecule has 0 bridgehead atoms. The zero-order valence-electron chi connectivity index (χ0n) is 10.4. The molecule has 1 heterocycles. The third-order valence-corrected chi connectivity index (χ3v) is 3.09. The summed E-state index contributed by atoms with van der Waals surface area (Å²) in [5, 5.41) is 17.2. The monoisotopic (exact) mass is 250 g/mol. The van der Waals surface area contributed by atoms with Gasteiger partial charge in [-0.05, 0) is 12.8 Å². The molecule has 0 unspecified atom stereocenters. The summed E-state index contributed by atoms with van der Waals surface area (Å²) < 4.78 is 5.20. The molecule has 0 atom stereocenters. The van der Waals surface area contributed by atoms with Gasteiger partial charge in [0.15, 0.2) is 0 Å². The summed E-state index contributed by atoms with van der Waals surface area (Å²) in [4.78, 5) is 13.9. The average molecular weight is 250 g/mol. The first-order valence-corrected chi connectivity index (χ1v) is 6.04. The van der Waals surface area contributed by atoms with Crippen molar-refractivity contribution in [3.05, 3.63) is 0 Å². The van der Waals surface area contributed by atoms with Gasteiger partial charge in [-0.3, -0.25) is 4.79 Å². The molecule has 1 amide bonds. The molecule has 1 aliphatic heterocycles. The van der Waals surface area contributed by atoms with Crippen molar-refractivity contribution in [2.24, 2.45) is 5.73 Å². The largest absolute Gasteiger partial charge is 0.381 e. The van der Waals surface area contributed by atoms with Crippen LogP contribution in [0.2, 0.25) is 0 Å². The highest BCUT2D eigenvalue weighted by molar-refractivity contribution is 5.86. The lowest BCUT2D eigenvalue weighted by Crippen LogP contribution is -2.58. The summed E-state index contributed by atoms with van der Waals surface area (Å²) in [5.41, 5.74) is 5.21. The smallest absolute Gasteiger partial charge is 0.242 e. The van der Waals surface area contributed by atoms with Crippen molar-refractivity contribution in [1.82, 2.24) is 4.90 Å². The van der Waals surface area contributed by atoms with E-state index in [1.165, 1.54) is 4.90 Å². The van der Waals surface area contributed by atoms with Crippen LogP contribution in [-0.4, -0.2) is 42.6 Å². The number of hydrogen-bond acceptors (Lipinski definition) is 5. The highest BCUT2D eigenvalue weighted by atomic mass is 16.5. The number of ether oxygens (including phenoxy) is 1. The Kier molecular flexibility index (Phi) is 5.57. The molecule has 0 aliphatic carbocycles. The molecule has 2 N–H and O–H groups in total. The highest BCUT2D eigenvalue weighted by Crippen LogP contribution is 2.20. The fraction of sp³-hybridized carbons (Fsp3) is 0.750. The minimum Gasteiger partial charge on any atom is -0.381 e. The summed E-state index contributed by atoms with van der Waals surface area (Å²) in [6.45, 7) is 1.62. The molecule has 0 saturated carbocycles. The minimum atomic E-state index is -0.900. The van der Waals surface area contributed by atoms with Crippen molar-refractivity contribution in [1.29, 1.82) is 10.5 Å². The molecule has 0 aromatic heterocycles. The summed E-state index contributed by atoms with van der Waals surface area (Å²) in [6.07, 6.45) is 1.48. The molecule has 1 fully saturated rings. The summed E-state index contributed by atoms with van der Waals surface area (Å²) in [5.74, 6) is -0.170. The van der Waals surface area contributed by atoms with E-state index in [0.29, 0.717) is 39.1 Å². The van der Waals surface area contributed by atoms with Crippen LogP contribution < -0.4 is 5.73 Å². The van der Waals surface area contributed by atoms with Crippen LogP contribution in [0.5, 0.6) is 0 Å². The molecule has 1 aliphatic rings. The van der Waals surface area contributed by atoms with Crippen molar-refractivity contribution in [3.63, 3.8) is 0 Å². The van der Waals surface area contributed by atoms with E-state index in [-0.39, 0.29) is 18.7 Å². The van der Waals surface area contributed by atoms with E-state index in [0.717, 1.165) is 0 Å². The fourth-order valence-electron chi connectivity index (χ4n) is 1.95. The van der Waals surface area contributed by atoms with Crippen molar-refractivity contribution in [2.75, 3.05) is 26.3 Å². The van der Waals surface area contributed by atoms with Gasteiger partial charge in [-0.2, -0.15) is 10.5 Å². The van der Waals surface area contributed by atoms with Crippen LogP contribution in [0.1, 0.15) is 25.7 Å². The zero-order chi connectivity index (χ0) is 13.4. The number of carbonyl (C=O) groups is 1. The third-order valence-electron chi connectivity index (χ3n) is 3.09. The molecule has 6 heteroatoms. The van der Waals surface area contributed by atoms with Crippen molar-refractivity contribution in [2.45, 2.75) is 31.2 Å². The molecular formula is C12H18N4O2. The van der Waals surface area contributed by atoms with Crippen LogP contribution >= 0.6 is 0 Å². The van der Waals surface area contributed by atoms with E-state index in [9.17, 15) is 4.79 Å². The van der Waals surface area contributed by atoms with Crippen LogP contribution in [0.25, 0.3) is 0 Å². The van der Waals surface area contributed by atoms with E-state index >= 15 is 0 Å². The van der Waals surface area contributed by atoms with Gasteiger partial charge < -0.3 is 15.4 Å². The molecule has 98 valence electrons. The molecule has 0 aromatic rings. The van der Waals surface area contributed by atoms with Gasteiger partial charge in [-0.1, -0.05) is 0 Å². The molecule has 0 radical (unpaired) electrons. The SMILES string of the molecule is N#CCCN(CCC#N)C(=O)C1(N)CCOCC1. The van der Waals surface area contributed by atoms with Crippen LogP contribution in [-0.2, 0) is 9.53 Å². The molecule has 0 spiro atoms. The summed E-state index contributed by atoms with van der Waals surface area (Å²) in [7, 11) is 0. The number of rotatable bonds is 5. The Morgan fingerprint density at radius 1 is 1.22 bits per heavy atom. The predicted molar refractivity (Wildman–Crippen MR) is 64.0 cm³/mol. The first-order valence-electron chi connectivity index (χ1n) is 6.04. The van der Waals surface area contributed by atoms with Crippen LogP contribution in [0.15, 0.2) is 0 Å². The lowest BCUT2D eigenvalue weighted by molar-refractivity contribution is -0.140. The van der Waals surface area contributed by atoms with E-state index < -0.39 is 5.54 Å². The predicted octanol–water partition coefficient (Wildman–Crippen LogP) is 0.150. The van der Waals surface area contributed by atoms with Crippen molar-refractivity contribution in [3.8, 4) is 12.1 Å². The number of nitriles is 2. The van der Waals surface area contributed by atoms with E-state index in [4.69, 9.17) is 21.0 Å². The molecule has 1 saturated heterocycles. The van der Waals surface area contributed by atoms with Gasteiger partial charge in [0.25, 0.3) is 0 Å². The Hall–Kier alpha value is -1.63. The molecule has 0 aromatic carbocycles. The first kappa shape index (κ1) is 14.4. The fourth-order valence-corrected chi connectivity index (χ4v) is 1.95. The van der Waals surface area contributed by atoms with Gasteiger partial charge in [-0.25, -0.2) is 0 Å². The van der Waals surface area contributed by atoms with Gasteiger partial charge in [0, 0.05) is 26.3 Å². The Labute approximate surface area is 107 Å². The van der Waals surface area contributed by atoms with E-state index in [1.54, 1.807) is 0 Å². The summed E-state index contributed by atoms with van der Waals surface area (Å²) in [6, 6.07) is 4.01. The maximum Gasteiger partial charge on any atom is 0.242 e. The Bertz CT molecular complexity index is 345. The van der Waals surface area contributed by atoms with Gasteiger partial charge >= 0.3 is 0 Å². The second kappa shape index (κ2) is 6.95. The second-order valence-corrected chi connectivity index (χ2v) is 4.38. The highest BCUT2D eigenvalue weighted by Gasteiger charge is 2.38. The number of nitrogens with zero attached hydrogens (tertiary/aromatic N) is 3.